The van der Waals surface area contributed by atoms with Crippen LogP contribution < -0.4 is 0 Å². The van der Waals surface area contributed by atoms with E-state index in [2.05, 4.69) is 0 Å². The molecule has 1 aromatic carbocycles. The van der Waals surface area contributed by atoms with Crippen molar-refractivity contribution in [3.63, 3.8) is 0 Å². The van der Waals surface area contributed by atoms with Crippen LogP contribution in [0.25, 0.3) is 0 Å². The minimum absolute atomic E-state index is 0.883. The van der Waals surface area contributed by atoms with Gasteiger partial charge in [-0.1, -0.05) is 30.2 Å². The molecular weight excluding hydrogens is 188 g/mol. The Kier molecular flexibility index (Phi) is 0.842. The minimum atomic E-state index is -4.11. The van der Waals surface area contributed by atoms with Crippen LogP contribution in [0.2, 0.25) is 0 Å². The molecule has 0 radical (unpaired) electrons. The number of hydrogen-bond acceptors (Lipinski definition) is 3. The van der Waals surface area contributed by atoms with Crippen LogP contribution >= 0.6 is 0 Å². The van der Waals surface area contributed by atoms with Gasteiger partial charge >= 0.3 is 0 Å². The van der Waals surface area contributed by atoms with Gasteiger partial charge in [0, 0.05) is 17.9 Å². The molecule has 0 aliphatic carbocycles. The van der Waals surface area contributed by atoms with Crippen LogP contribution in [0.5, 0.6) is 0 Å². The number of hydrogen-bond donors (Lipinski definition) is 0. The Labute approximate surface area is 110 Å². The lowest BCUT2D eigenvalue weighted by Crippen LogP contribution is -2.38. The van der Waals surface area contributed by atoms with E-state index in [1.165, 1.54) is 6.07 Å². The molecule has 0 aliphatic rings. The summed E-state index contributed by atoms with van der Waals surface area (Å²) in [5.74, 6) is 0. The zero-order chi connectivity index (χ0) is 23.3. The summed E-state index contributed by atoms with van der Waals surface area (Å²) in [6, 6.07) is -6.42. The zero-order valence-corrected chi connectivity index (χ0v) is 7.38. The maximum Gasteiger partial charge on any atom is 0.112 e. The monoisotopic (exact) mass is 217 g/mol. The van der Waals surface area contributed by atoms with Gasteiger partial charge < -0.3 is 10.3 Å². The van der Waals surface area contributed by atoms with Gasteiger partial charge in [0.25, 0.3) is 0 Å². The van der Waals surface area contributed by atoms with Crippen molar-refractivity contribution in [2.24, 2.45) is 0 Å². The van der Waals surface area contributed by atoms with E-state index in [9.17, 15) is 10.5 Å². The first-order valence-electron chi connectivity index (χ1n) is 10.7. The van der Waals surface area contributed by atoms with Gasteiger partial charge in [-0.15, -0.1) is 0 Å². The minimum Gasteiger partial charge on any atom is -0.784 e. The fourth-order valence-electron chi connectivity index (χ4n) is 0.824. The molecule has 0 aliphatic heterocycles. The summed E-state index contributed by atoms with van der Waals surface area (Å²) in [7, 11) is 0. The summed E-state index contributed by atoms with van der Waals surface area (Å²) in [4.78, 5) is 0. The highest BCUT2D eigenvalue weighted by atomic mass is 16.5. The fourth-order valence-corrected chi connectivity index (χ4v) is 0.824. The van der Waals surface area contributed by atoms with Gasteiger partial charge in [0.15, 0.2) is 0 Å². The maximum atomic E-state index is 13.0. The molecule has 0 saturated heterocycles. The van der Waals surface area contributed by atoms with Crippen LogP contribution in [0.1, 0.15) is 51.4 Å². The lowest BCUT2D eigenvalue weighted by molar-refractivity contribution is 0.175. The lowest BCUT2D eigenvalue weighted by Gasteiger charge is -2.44. The molecule has 1 aromatic rings. The van der Waals surface area contributed by atoms with E-state index in [-0.39, 0.29) is 0 Å². The Bertz CT molecular complexity index is 768. The molecule has 1 atom stereocenters. The Morgan fingerprint density at radius 2 is 2.07 bits per heavy atom. The van der Waals surface area contributed by atoms with E-state index in [1.807, 2.05) is 0 Å². The van der Waals surface area contributed by atoms with Gasteiger partial charge in [0.1, 0.15) is 6.04 Å². The van der Waals surface area contributed by atoms with Gasteiger partial charge in [0.05, 0.1) is 12.9 Å². The lowest BCUT2D eigenvalue weighted by atomic mass is 10.0. The van der Waals surface area contributed by atoms with Crippen LogP contribution in [0.15, 0.2) is 30.2 Å². The molecule has 0 fully saturated rings. The zero-order valence-electron chi connectivity index (χ0n) is 21.4. The van der Waals surface area contributed by atoms with E-state index in [4.69, 9.17) is 19.2 Å². The average Bonchev–Trinajstić information content (AvgIpc) is 2.51. The SMILES string of the molecule is [2H]c1c([2H])c([2H])c(C(C#N)N([O-])C(C([2H])([2H])[2H])(C([2H])([2H])[2H])C([2H])([2H])[2H])c([2H])c1[2H]. The number of rotatable bonds is 2. The quantitative estimate of drug-likeness (QED) is 0.716. The first kappa shape index (κ1) is 2.85. The van der Waals surface area contributed by atoms with E-state index in [1.54, 1.807) is 0 Å². The number of benzene rings is 1. The Morgan fingerprint density at radius 3 is 2.53 bits per heavy atom. The highest BCUT2D eigenvalue weighted by molar-refractivity contribution is 5.24. The molecule has 3 nitrogen and oxygen atoms in total. The smallest absolute Gasteiger partial charge is 0.112 e. The number of hydroxylamine groups is 2. The summed E-state index contributed by atoms with van der Waals surface area (Å²) in [6.45, 7) is -11.9. The predicted octanol–water partition coefficient (Wildman–Crippen LogP) is 2.85. The summed E-state index contributed by atoms with van der Waals surface area (Å²) >= 11 is 0. The maximum absolute atomic E-state index is 13.0. The standard InChI is InChI=1S/C12H15N2O/c1-12(2,3)14(15)11(9-13)10-7-5-4-6-8-10/h4-8,11H,1-3H3/q-1/i1D3,2D3,3D3,4D,5D,6D,7D,8D. The van der Waals surface area contributed by atoms with E-state index in [0.29, 0.717) is 0 Å². The molecule has 0 amide bonds. The van der Waals surface area contributed by atoms with Crippen molar-refractivity contribution in [3.8, 4) is 6.07 Å². The molecular formula is C12H15N2O-. The second kappa shape index (κ2) is 4.43. The van der Waals surface area contributed by atoms with Gasteiger partial charge in [-0.2, -0.15) is 5.26 Å². The molecule has 0 spiro atoms. The molecule has 0 aromatic heterocycles. The van der Waals surface area contributed by atoms with Crippen LogP contribution in [0.3, 0.4) is 0 Å². The third kappa shape index (κ3) is 2.79. The van der Waals surface area contributed by atoms with Crippen molar-refractivity contribution in [1.29, 1.82) is 5.26 Å². The molecule has 1 rings (SSSR count). The highest BCUT2D eigenvalue weighted by Crippen LogP contribution is 2.26. The average molecular weight is 217 g/mol. The van der Waals surface area contributed by atoms with Crippen LogP contribution in [-0.2, 0) is 0 Å². The molecule has 0 saturated carbocycles. The summed E-state index contributed by atoms with van der Waals surface area (Å²) in [5.41, 5.74) is -5.15. The van der Waals surface area contributed by atoms with E-state index in [0.717, 1.165) is 0 Å². The third-order valence-corrected chi connectivity index (χ3v) is 1.48. The topological polar surface area (TPSA) is 50.1 Å². The summed E-state index contributed by atoms with van der Waals surface area (Å²) < 4.78 is 106. The predicted molar refractivity (Wildman–Crippen MR) is 59.8 cm³/mol. The normalized spacial score (nSPS) is 29.7. The van der Waals surface area contributed by atoms with Crippen molar-refractivity contribution >= 4 is 0 Å². The Hall–Kier alpha value is -1.37. The van der Waals surface area contributed by atoms with Crippen molar-refractivity contribution < 1.29 is 19.2 Å². The Balaban J connectivity index is 4.02. The fraction of sp³-hybridized carbons (Fsp3) is 0.417. The summed E-state index contributed by atoms with van der Waals surface area (Å²) in [5, 5.41) is 21.5. The van der Waals surface area contributed by atoms with E-state index >= 15 is 0 Å². The molecule has 0 heterocycles. The first-order valence-corrected chi connectivity index (χ1v) is 3.72. The number of nitriles is 1. The second-order valence-corrected chi connectivity index (χ2v) is 2.61. The molecule has 1 unspecified atom stereocenters. The third-order valence-electron chi connectivity index (χ3n) is 1.48. The van der Waals surface area contributed by atoms with Gasteiger partial charge in [-0.25, -0.2) is 0 Å². The molecule has 3 heteroatoms. The van der Waals surface area contributed by atoms with Crippen LogP contribution in [-0.4, -0.2) is 10.6 Å². The molecule has 15 heavy (non-hydrogen) atoms. The number of nitrogens with zero attached hydrogens (tertiary/aromatic N) is 2. The van der Waals surface area contributed by atoms with Gasteiger partial charge in [0.2, 0.25) is 0 Å². The molecule has 0 bridgehead atoms. The molecule has 80 valence electrons. The van der Waals surface area contributed by atoms with Crippen molar-refractivity contribution in [3.05, 3.63) is 41.0 Å². The van der Waals surface area contributed by atoms with Gasteiger partial charge in [-0.05, 0) is 26.1 Å². The second-order valence-electron chi connectivity index (χ2n) is 2.61. The Morgan fingerprint density at radius 1 is 1.47 bits per heavy atom. The first-order chi connectivity index (χ1) is 12.8. The van der Waals surface area contributed by atoms with Gasteiger partial charge in [-0.3, -0.25) is 0 Å². The van der Waals surface area contributed by atoms with E-state index < -0.39 is 73.0 Å². The van der Waals surface area contributed by atoms with Crippen molar-refractivity contribution in [2.45, 2.75) is 32.1 Å². The van der Waals surface area contributed by atoms with Crippen LogP contribution in [0, 0.1) is 16.5 Å². The van der Waals surface area contributed by atoms with Crippen molar-refractivity contribution in [1.82, 2.24) is 5.06 Å². The summed E-state index contributed by atoms with van der Waals surface area (Å²) in [6.07, 6.45) is 0. The largest absolute Gasteiger partial charge is 0.784 e. The molecule has 0 N–H and O–H groups in total. The highest BCUT2D eigenvalue weighted by Gasteiger charge is 2.21. The van der Waals surface area contributed by atoms with Crippen LogP contribution in [0.4, 0.5) is 0 Å². The van der Waals surface area contributed by atoms with Crippen molar-refractivity contribution in [2.75, 3.05) is 0 Å².